The summed E-state index contributed by atoms with van der Waals surface area (Å²) in [6.07, 6.45) is 0. The molecule has 1 aromatic carbocycles. The van der Waals surface area contributed by atoms with Crippen LogP contribution in [-0.2, 0) is 9.53 Å². The zero-order valence-electron chi connectivity index (χ0n) is 11.3. The maximum atomic E-state index is 12.2. The molecule has 1 unspecified atom stereocenters. The number of ether oxygens (including phenoxy) is 1. The third-order valence-electron chi connectivity index (χ3n) is 2.72. The predicted molar refractivity (Wildman–Crippen MR) is 72.3 cm³/mol. The molecule has 18 heavy (non-hydrogen) atoms. The molecule has 0 heterocycles. The zero-order chi connectivity index (χ0) is 13.6. The van der Waals surface area contributed by atoms with Crippen molar-refractivity contribution < 1.29 is 9.53 Å². The second-order valence-corrected chi connectivity index (χ2v) is 5.01. The smallest absolute Gasteiger partial charge is 0.229 e. The van der Waals surface area contributed by atoms with Crippen molar-refractivity contribution >= 4 is 5.91 Å². The van der Waals surface area contributed by atoms with Gasteiger partial charge in [0.2, 0.25) is 5.91 Å². The van der Waals surface area contributed by atoms with Gasteiger partial charge in [-0.3, -0.25) is 4.79 Å². The minimum absolute atomic E-state index is 0.0641. The van der Waals surface area contributed by atoms with Crippen LogP contribution in [0.3, 0.4) is 0 Å². The van der Waals surface area contributed by atoms with Crippen molar-refractivity contribution in [3.05, 3.63) is 35.9 Å². The van der Waals surface area contributed by atoms with Crippen molar-refractivity contribution in [2.24, 2.45) is 5.73 Å². The summed E-state index contributed by atoms with van der Waals surface area (Å²) in [6, 6.07) is 9.57. The third-order valence-corrected chi connectivity index (χ3v) is 2.72. The molecule has 1 rings (SSSR count). The summed E-state index contributed by atoms with van der Waals surface area (Å²) < 4.78 is 5.08. The van der Waals surface area contributed by atoms with E-state index in [4.69, 9.17) is 10.5 Å². The van der Waals surface area contributed by atoms with Crippen LogP contribution in [0.25, 0.3) is 0 Å². The van der Waals surface area contributed by atoms with E-state index >= 15 is 0 Å². The van der Waals surface area contributed by atoms with E-state index in [1.165, 1.54) is 0 Å². The molecule has 0 saturated carbocycles. The minimum atomic E-state index is -0.395. The highest BCUT2D eigenvalue weighted by Crippen LogP contribution is 2.16. The van der Waals surface area contributed by atoms with Crippen LogP contribution in [0.2, 0.25) is 0 Å². The standard InChI is InChI=1S/C14H22N2O2/c1-14(2,10-18-3)16-13(17)12(9-15)11-7-5-4-6-8-11/h4-8,12H,9-10,15H2,1-3H3,(H,16,17). The van der Waals surface area contributed by atoms with Crippen LogP contribution in [0.15, 0.2) is 30.3 Å². The Morgan fingerprint density at radius 3 is 2.50 bits per heavy atom. The van der Waals surface area contributed by atoms with E-state index in [1.54, 1.807) is 7.11 Å². The summed E-state index contributed by atoms with van der Waals surface area (Å²) >= 11 is 0. The molecule has 0 aliphatic carbocycles. The summed E-state index contributed by atoms with van der Waals surface area (Å²) in [5.41, 5.74) is 6.25. The van der Waals surface area contributed by atoms with Crippen LogP contribution in [0.5, 0.6) is 0 Å². The molecule has 0 aromatic heterocycles. The van der Waals surface area contributed by atoms with Gasteiger partial charge in [-0.15, -0.1) is 0 Å². The van der Waals surface area contributed by atoms with E-state index in [0.717, 1.165) is 5.56 Å². The van der Waals surface area contributed by atoms with E-state index < -0.39 is 5.54 Å². The average Bonchev–Trinajstić information content (AvgIpc) is 2.30. The Kier molecular flexibility index (Phi) is 5.31. The van der Waals surface area contributed by atoms with Gasteiger partial charge < -0.3 is 15.8 Å². The van der Waals surface area contributed by atoms with Crippen LogP contribution in [0.4, 0.5) is 0 Å². The number of amides is 1. The molecule has 0 spiro atoms. The molecule has 1 amide bonds. The van der Waals surface area contributed by atoms with Gasteiger partial charge in [0.25, 0.3) is 0 Å². The lowest BCUT2D eigenvalue weighted by Gasteiger charge is -2.27. The molecule has 4 nitrogen and oxygen atoms in total. The Balaban J connectivity index is 2.75. The lowest BCUT2D eigenvalue weighted by molar-refractivity contribution is -0.124. The van der Waals surface area contributed by atoms with Crippen LogP contribution in [0, 0.1) is 0 Å². The predicted octanol–water partition coefficient (Wildman–Crippen LogP) is 1.27. The van der Waals surface area contributed by atoms with Gasteiger partial charge in [0, 0.05) is 13.7 Å². The first-order valence-electron chi connectivity index (χ1n) is 6.06. The maximum Gasteiger partial charge on any atom is 0.229 e. The van der Waals surface area contributed by atoms with Gasteiger partial charge >= 0.3 is 0 Å². The Bertz CT molecular complexity index is 377. The van der Waals surface area contributed by atoms with Crippen molar-refractivity contribution in [2.75, 3.05) is 20.3 Å². The summed E-state index contributed by atoms with van der Waals surface area (Å²) in [6.45, 7) is 4.60. The maximum absolute atomic E-state index is 12.2. The molecule has 0 radical (unpaired) electrons. The van der Waals surface area contributed by atoms with Gasteiger partial charge in [0.05, 0.1) is 18.1 Å². The fourth-order valence-corrected chi connectivity index (χ4v) is 1.90. The Labute approximate surface area is 109 Å². The molecule has 1 aromatic rings. The molecule has 0 saturated heterocycles. The molecule has 0 aliphatic heterocycles. The molecule has 3 N–H and O–H groups in total. The molecule has 0 fully saturated rings. The second kappa shape index (κ2) is 6.52. The van der Waals surface area contributed by atoms with Gasteiger partial charge in [-0.25, -0.2) is 0 Å². The van der Waals surface area contributed by atoms with Crippen LogP contribution in [0.1, 0.15) is 25.3 Å². The van der Waals surface area contributed by atoms with Crippen molar-refractivity contribution in [3.63, 3.8) is 0 Å². The number of carbonyl (C=O) groups excluding carboxylic acids is 1. The number of nitrogens with one attached hydrogen (secondary N) is 1. The number of hydrogen-bond acceptors (Lipinski definition) is 3. The number of benzene rings is 1. The van der Waals surface area contributed by atoms with E-state index in [-0.39, 0.29) is 11.8 Å². The van der Waals surface area contributed by atoms with Crippen LogP contribution >= 0.6 is 0 Å². The number of rotatable bonds is 6. The van der Waals surface area contributed by atoms with Crippen LogP contribution < -0.4 is 11.1 Å². The highest BCUT2D eigenvalue weighted by molar-refractivity contribution is 5.84. The third kappa shape index (κ3) is 4.13. The zero-order valence-corrected chi connectivity index (χ0v) is 11.3. The topological polar surface area (TPSA) is 64.3 Å². The van der Waals surface area contributed by atoms with Gasteiger partial charge in [-0.2, -0.15) is 0 Å². The van der Waals surface area contributed by atoms with E-state index in [1.807, 2.05) is 44.2 Å². The molecular formula is C14H22N2O2. The highest BCUT2D eigenvalue weighted by atomic mass is 16.5. The van der Waals surface area contributed by atoms with E-state index in [0.29, 0.717) is 13.2 Å². The highest BCUT2D eigenvalue weighted by Gasteiger charge is 2.25. The van der Waals surface area contributed by atoms with E-state index in [2.05, 4.69) is 5.32 Å². The SMILES string of the molecule is COCC(C)(C)NC(=O)C(CN)c1ccccc1. The summed E-state index contributed by atoms with van der Waals surface area (Å²) in [7, 11) is 1.62. The van der Waals surface area contributed by atoms with Gasteiger partial charge in [0.15, 0.2) is 0 Å². The van der Waals surface area contributed by atoms with Crippen molar-refractivity contribution in [2.45, 2.75) is 25.3 Å². The fourth-order valence-electron chi connectivity index (χ4n) is 1.90. The lowest BCUT2D eigenvalue weighted by Crippen LogP contribution is -2.49. The molecule has 100 valence electrons. The Morgan fingerprint density at radius 2 is 2.00 bits per heavy atom. The molecule has 0 aliphatic rings. The van der Waals surface area contributed by atoms with Crippen LogP contribution in [-0.4, -0.2) is 31.7 Å². The van der Waals surface area contributed by atoms with E-state index in [9.17, 15) is 4.79 Å². The molecule has 4 heteroatoms. The number of nitrogens with two attached hydrogens (primary N) is 1. The molecular weight excluding hydrogens is 228 g/mol. The quantitative estimate of drug-likeness (QED) is 0.799. The minimum Gasteiger partial charge on any atom is -0.382 e. The van der Waals surface area contributed by atoms with Crippen molar-refractivity contribution in [3.8, 4) is 0 Å². The monoisotopic (exact) mass is 250 g/mol. The lowest BCUT2D eigenvalue weighted by atomic mass is 9.96. The van der Waals surface area contributed by atoms with Crippen molar-refractivity contribution in [1.82, 2.24) is 5.32 Å². The summed E-state index contributed by atoms with van der Waals surface area (Å²) in [5, 5.41) is 2.96. The average molecular weight is 250 g/mol. The number of carbonyl (C=O) groups is 1. The second-order valence-electron chi connectivity index (χ2n) is 5.01. The Hall–Kier alpha value is -1.39. The number of hydrogen-bond donors (Lipinski definition) is 2. The number of methoxy groups -OCH3 is 1. The van der Waals surface area contributed by atoms with Gasteiger partial charge in [-0.1, -0.05) is 30.3 Å². The first-order chi connectivity index (χ1) is 8.50. The first kappa shape index (κ1) is 14.7. The summed E-state index contributed by atoms with van der Waals surface area (Å²) in [4.78, 5) is 12.2. The van der Waals surface area contributed by atoms with Gasteiger partial charge in [0.1, 0.15) is 0 Å². The molecule has 1 atom stereocenters. The fraction of sp³-hybridized carbons (Fsp3) is 0.500. The van der Waals surface area contributed by atoms with Gasteiger partial charge in [-0.05, 0) is 19.4 Å². The molecule has 0 bridgehead atoms. The summed E-state index contributed by atoms with van der Waals surface area (Å²) in [5.74, 6) is -0.381. The Morgan fingerprint density at radius 1 is 1.39 bits per heavy atom. The first-order valence-corrected chi connectivity index (χ1v) is 6.06. The largest absolute Gasteiger partial charge is 0.382 e. The normalized spacial score (nSPS) is 13.1. The van der Waals surface area contributed by atoms with Crippen molar-refractivity contribution in [1.29, 1.82) is 0 Å².